The summed E-state index contributed by atoms with van der Waals surface area (Å²) in [4.78, 5) is 16.2. The first-order valence-electron chi connectivity index (χ1n) is 7.54. The van der Waals surface area contributed by atoms with Crippen LogP contribution in [0, 0.1) is 0 Å². The summed E-state index contributed by atoms with van der Waals surface area (Å²) in [5.74, 6) is 1.25. The van der Waals surface area contributed by atoms with Crippen LogP contribution >= 0.6 is 0 Å². The summed E-state index contributed by atoms with van der Waals surface area (Å²) >= 11 is 0. The van der Waals surface area contributed by atoms with E-state index in [1.165, 1.54) is 6.33 Å². The molecule has 1 aromatic carbocycles. The summed E-state index contributed by atoms with van der Waals surface area (Å²) in [6, 6.07) is 5.02. The molecule has 0 fully saturated rings. The highest BCUT2D eigenvalue weighted by molar-refractivity contribution is 5.95. The minimum absolute atomic E-state index is 0.430. The Bertz CT molecular complexity index is 812. The van der Waals surface area contributed by atoms with E-state index in [2.05, 4.69) is 15.4 Å². The number of aromatic nitrogens is 3. The number of benzene rings is 1. The Labute approximate surface area is 139 Å². The monoisotopic (exact) mass is 329 g/mol. The molecule has 1 atom stereocenters. The van der Waals surface area contributed by atoms with Crippen molar-refractivity contribution < 1.29 is 14.3 Å². The van der Waals surface area contributed by atoms with Crippen LogP contribution in [-0.2, 0) is 4.79 Å². The van der Waals surface area contributed by atoms with Crippen LogP contribution in [-0.4, -0.2) is 34.4 Å². The molecular formula is C16H19N5O3. The van der Waals surface area contributed by atoms with E-state index in [4.69, 9.17) is 15.2 Å². The summed E-state index contributed by atoms with van der Waals surface area (Å²) in [6.45, 7) is 4.22. The summed E-state index contributed by atoms with van der Waals surface area (Å²) in [5, 5.41) is 7.27. The molecule has 0 bridgehead atoms. The molecule has 2 aromatic rings. The Hall–Kier alpha value is -3.03. The number of allylic oxidation sites excluding steroid dienone is 1. The van der Waals surface area contributed by atoms with E-state index in [1.807, 2.05) is 25.1 Å². The van der Waals surface area contributed by atoms with E-state index in [0.29, 0.717) is 35.3 Å². The van der Waals surface area contributed by atoms with Gasteiger partial charge in [0.2, 0.25) is 11.9 Å². The Morgan fingerprint density at radius 2 is 2.21 bits per heavy atom. The SMILES string of the molecule is CCOc1ccc(C2C(C(N)=O)=C(C)Nc3ncnn32)cc1OC. The molecule has 0 saturated heterocycles. The van der Waals surface area contributed by atoms with E-state index in [1.54, 1.807) is 18.7 Å². The maximum absolute atomic E-state index is 12.0. The smallest absolute Gasteiger partial charge is 0.248 e. The van der Waals surface area contributed by atoms with E-state index < -0.39 is 11.9 Å². The number of anilines is 1. The van der Waals surface area contributed by atoms with Crippen LogP contribution in [0.3, 0.4) is 0 Å². The highest BCUT2D eigenvalue weighted by atomic mass is 16.5. The van der Waals surface area contributed by atoms with E-state index in [-0.39, 0.29) is 0 Å². The zero-order chi connectivity index (χ0) is 17.3. The van der Waals surface area contributed by atoms with Crippen LogP contribution < -0.4 is 20.5 Å². The number of amides is 1. The van der Waals surface area contributed by atoms with E-state index >= 15 is 0 Å². The zero-order valence-electron chi connectivity index (χ0n) is 13.7. The molecule has 2 heterocycles. The number of carbonyl (C=O) groups excluding carboxylic acids is 1. The van der Waals surface area contributed by atoms with Gasteiger partial charge >= 0.3 is 0 Å². The number of ether oxygens (including phenoxy) is 2. The molecule has 126 valence electrons. The number of hydrogen-bond acceptors (Lipinski definition) is 6. The molecule has 1 unspecified atom stereocenters. The molecule has 1 aliphatic heterocycles. The fraction of sp³-hybridized carbons (Fsp3) is 0.312. The molecule has 0 spiro atoms. The van der Waals surface area contributed by atoms with Crippen molar-refractivity contribution in [1.29, 1.82) is 0 Å². The summed E-state index contributed by atoms with van der Waals surface area (Å²) < 4.78 is 12.6. The zero-order valence-corrected chi connectivity index (χ0v) is 13.7. The lowest BCUT2D eigenvalue weighted by molar-refractivity contribution is -0.115. The molecule has 3 N–H and O–H groups in total. The number of nitrogens with zero attached hydrogens (tertiary/aromatic N) is 3. The number of primary amides is 1. The number of nitrogens with two attached hydrogens (primary N) is 1. The molecular weight excluding hydrogens is 310 g/mol. The molecule has 3 rings (SSSR count). The second-order valence-corrected chi connectivity index (χ2v) is 5.30. The maximum Gasteiger partial charge on any atom is 0.248 e. The lowest BCUT2D eigenvalue weighted by Crippen LogP contribution is -2.31. The van der Waals surface area contributed by atoms with Gasteiger partial charge in [-0.25, -0.2) is 4.68 Å². The van der Waals surface area contributed by atoms with Gasteiger partial charge in [-0.1, -0.05) is 6.07 Å². The van der Waals surface area contributed by atoms with Gasteiger partial charge in [0.05, 0.1) is 19.3 Å². The van der Waals surface area contributed by atoms with Gasteiger partial charge in [0.15, 0.2) is 11.5 Å². The Balaban J connectivity index is 2.14. The van der Waals surface area contributed by atoms with Crippen molar-refractivity contribution in [3.05, 3.63) is 41.4 Å². The lowest BCUT2D eigenvalue weighted by Gasteiger charge is -2.28. The van der Waals surface area contributed by atoms with Gasteiger partial charge in [-0.15, -0.1) is 0 Å². The minimum atomic E-state index is -0.515. The Kier molecular flexibility index (Phi) is 4.11. The van der Waals surface area contributed by atoms with Crippen molar-refractivity contribution in [3.8, 4) is 11.5 Å². The number of nitrogens with one attached hydrogen (secondary N) is 1. The number of carbonyl (C=O) groups is 1. The van der Waals surface area contributed by atoms with Gasteiger partial charge in [-0.3, -0.25) is 4.79 Å². The normalized spacial score (nSPS) is 16.4. The predicted octanol–water partition coefficient (Wildman–Crippen LogP) is 1.46. The van der Waals surface area contributed by atoms with Crippen LogP contribution in [0.1, 0.15) is 25.5 Å². The second-order valence-electron chi connectivity index (χ2n) is 5.30. The minimum Gasteiger partial charge on any atom is -0.493 e. The number of methoxy groups -OCH3 is 1. The first-order chi connectivity index (χ1) is 11.6. The van der Waals surface area contributed by atoms with E-state index in [9.17, 15) is 4.79 Å². The third-order valence-electron chi connectivity index (χ3n) is 3.86. The highest BCUT2D eigenvalue weighted by Gasteiger charge is 2.32. The topological polar surface area (TPSA) is 104 Å². The number of rotatable bonds is 5. The fourth-order valence-electron chi connectivity index (χ4n) is 2.85. The van der Waals surface area contributed by atoms with Gasteiger partial charge in [-0.05, 0) is 31.5 Å². The van der Waals surface area contributed by atoms with Gasteiger partial charge < -0.3 is 20.5 Å². The number of fused-ring (bicyclic) bond motifs is 1. The lowest BCUT2D eigenvalue weighted by atomic mass is 9.95. The summed E-state index contributed by atoms with van der Waals surface area (Å²) in [7, 11) is 1.57. The quantitative estimate of drug-likeness (QED) is 0.860. The fourth-order valence-corrected chi connectivity index (χ4v) is 2.85. The van der Waals surface area contributed by atoms with Gasteiger partial charge in [0.25, 0.3) is 0 Å². The molecule has 1 amide bonds. The second kappa shape index (κ2) is 6.23. The first kappa shape index (κ1) is 15.9. The highest BCUT2D eigenvalue weighted by Crippen LogP contribution is 2.38. The molecule has 24 heavy (non-hydrogen) atoms. The molecule has 8 heteroatoms. The summed E-state index contributed by atoms with van der Waals surface area (Å²) in [5.41, 5.74) is 7.49. The van der Waals surface area contributed by atoms with Crippen LogP contribution in [0.2, 0.25) is 0 Å². The van der Waals surface area contributed by atoms with Gasteiger partial charge in [-0.2, -0.15) is 10.1 Å². The molecule has 1 aliphatic rings. The van der Waals surface area contributed by atoms with Crippen molar-refractivity contribution in [2.45, 2.75) is 19.9 Å². The van der Waals surface area contributed by atoms with Crippen molar-refractivity contribution in [2.75, 3.05) is 19.0 Å². The summed E-state index contributed by atoms with van der Waals surface area (Å²) in [6.07, 6.45) is 1.43. The van der Waals surface area contributed by atoms with E-state index in [0.717, 1.165) is 5.56 Å². The van der Waals surface area contributed by atoms with Crippen LogP contribution in [0.5, 0.6) is 11.5 Å². The Morgan fingerprint density at radius 3 is 2.88 bits per heavy atom. The molecule has 0 radical (unpaired) electrons. The third-order valence-corrected chi connectivity index (χ3v) is 3.86. The average Bonchev–Trinajstić information content (AvgIpc) is 3.01. The number of hydrogen-bond donors (Lipinski definition) is 2. The predicted molar refractivity (Wildman–Crippen MR) is 87.8 cm³/mol. The van der Waals surface area contributed by atoms with Gasteiger partial charge in [0, 0.05) is 5.70 Å². The Morgan fingerprint density at radius 1 is 1.42 bits per heavy atom. The van der Waals surface area contributed by atoms with Crippen molar-refractivity contribution >= 4 is 11.9 Å². The standard InChI is InChI=1S/C16H19N5O3/c1-4-24-11-6-5-10(7-12(11)23-3)14-13(15(17)22)9(2)20-16-18-8-19-21(14)16/h5-8,14H,4H2,1-3H3,(H2,17,22)(H,18,19,20). The van der Waals surface area contributed by atoms with Crippen LogP contribution in [0.15, 0.2) is 35.8 Å². The van der Waals surface area contributed by atoms with Crippen molar-refractivity contribution in [3.63, 3.8) is 0 Å². The third kappa shape index (κ3) is 2.55. The molecule has 0 aliphatic carbocycles. The maximum atomic E-state index is 12.0. The van der Waals surface area contributed by atoms with Crippen LogP contribution in [0.25, 0.3) is 0 Å². The van der Waals surface area contributed by atoms with Crippen LogP contribution in [0.4, 0.5) is 5.95 Å². The first-order valence-corrected chi connectivity index (χ1v) is 7.54. The molecule has 8 nitrogen and oxygen atoms in total. The van der Waals surface area contributed by atoms with Crippen molar-refractivity contribution in [2.24, 2.45) is 5.73 Å². The largest absolute Gasteiger partial charge is 0.493 e. The average molecular weight is 329 g/mol. The molecule has 0 saturated carbocycles. The molecule has 1 aromatic heterocycles. The van der Waals surface area contributed by atoms with Crippen molar-refractivity contribution in [1.82, 2.24) is 14.8 Å². The van der Waals surface area contributed by atoms with Gasteiger partial charge in [0.1, 0.15) is 12.4 Å².